The van der Waals surface area contributed by atoms with Gasteiger partial charge in [0.15, 0.2) is 0 Å². The Morgan fingerprint density at radius 2 is 1.76 bits per heavy atom. The highest BCUT2D eigenvalue weighted by Crippen LogP contribution is 2.24. The van der Waals surface area contributed by atoms with Crippen molar-refractivity contribution in [1.82, 2.24) is 0 Å². The molecule has 0 aliphatic heterocycles. The van der Waals surface area contributed by atoms with Crippen LogP contribution in [0.3, 0.4) is 0 Å². The van der Waals surface area contributed by atoms with Gasteiger partial charge < -0.3 is 5.73 Å². The zero-order valence-electron chi connectivity index (χ0n) is 10.1. The summed E-state index contributed by atoms with van der Waals surface area (Å²) < 4.78 is 0. The summed E-state index contributed by atoms with van der Waals surface area (Å²) in [6.07, 6.45) is 0. The van der Waals surface area contributed by atoms with E-state index >= 15 is 0 Å². The summed E-state index contributed by atoms with van der Waals surface area (Å²) >= 11 is 1.69. The Balaban J connectivity index is 0.00000144. The van der Waals surface area contributed by atoms with Crippen molar-refractivity contribution in [3.8, 4) is 0 Å². The molecule has 0 aliphatic rings. The van der Waals surface area contributed by atoms with E-state index in [0.29, 0.717) is 5.92 Å². The summed E-state index contributed by atoms with van der Waals surface area (Å²) in [6, 6.07) is 10.7. The predicted octanol–water partition coefficient (Wildman–Crippen LogP) is 4.34. The van der Waals surface area contributed by atoms with Gasteiger partial charge >= 0.3 is 0 Å². The highest BCUT2D eigenvalue weighted by Gasteiger charge is 2.10. The van der Waals surface area contributed by atoms with Crippen molar-refractivity contribution >= 4 is 23.7 Å². The lowest BCUT2D eigenvalue weighted by atomic mass is 9.96. The van der Waals surface area contributed by atoms with Crippen molar-refractivity contribution < 1.29 is 0 Å². The molecule has 0 saturated carbocycles. The lowest BCUT2D eigenvalue weighted by Crippen LogP contribution is -2.11. The lowest BCUT2D eigenvalue weighted by molar-refractivity contribution is 0.839. The maximum Gasteiger partial charge on any atom is 0.0559 e. The largest absolute Gasteiger partial charge is 0.320 e. The van der Waals surface area contributed by atoms with E-state index in [0.717, 1.165) is 0 Å². The van der Waals surface area contributed by atoms with Gasteiger partial charge in [0.05, 0.1) is 6.04 Å². The van der Waals surface area contributed by atoms with E-state index in [4.69, 9.17) is 5.73 Å². The molecular formula is C14H18ClNS. The molecule has 2 aromatic rings. The maximum absolute atomic E-state index is 6.24. The van der Waals surface area contributed by atoms with Crippen LogP contribution in [-0.4, -0.2) is 0 Å². The van der Waals surface area contributed by atoms with Crippen LogP contribution in [0.15, 0.2) is 41.1 Å². The predicted molar refractivity (Wildman–Crippen MR) is 78.1 cm³/mol. The first-order valence-electron chi connectivity index (χ1n) is 5.56. The second-order valence-electron chi connectivity index (χ2n) is 4.36. The molecule has 0 spiro atoms. The molecule has 92 valence electrons. The van der Waals surface area contributed by atoms with E-state index in [9.17, 15) is 0 Å². The van der Waals surface area contributed by atoms with E-state index in [1.807, 2.05) is 0 Å². The molecule has 1 atom stereocenters. The average Bonchev–Trinajstić information content (AvgIpc) is 2.81. The van der Waals surface area contributed by atoms with Gasteiger partial charge in [-0.15, -0.1) is 12.4 Å². The molecule has 0 bridgehead atoms. The van der Waals surface area contributed by atoms with Gasteiger partial charge in [0, 0.05) is 0 Å². The van der Waals surface area contributed by atoms with Gasteiger partial charge in [0.2, 0.25) is 0 Å². The number of halogens is 1. The van der Waals surface area contributed by atoms with Gasteiger partial charge in [-0.25, -0.2) is 0 Å². The Morgan fingerprint density at radius 3 is 2.35 bits per heavy atom. The molecular weight excluding hydrogens is 250 g/mol. The number of nitrogens with two attached hydrogens (primary N) is 1. The summed E-state index contributed by atoms with van der Waals surface area (Å²) in [5.41, 5.74) is 9.99. The first-order valence-corrected chi connectivity index (χ1v) is 6.50. The molecule has 0 amide bonds. The molecule has 17 heavy (non-hydrogen) atoms. The fourth-order valence-electron chi connectivity index (χ4n) is 1.76. The molecule has 0 radical (unpaired) electrons. The zero-order chi connectivity index (χ0) is 11.5. The van der Waals surface area contributed by atoms with Crippen molar-refractivity contribution in [2.24, 2.45) is 5.73 Å². The Labute approximate surface area is 113 Å². The standard InChI is InChI=1S/C14H17NS.ClH/c1-10(2)11-4-3-5-12(8-11)14(15)13-6-7-16-9-13;/h3-10,14H,15H2,1-2H3;1H/t14-;/m1./s1. The third-order valence-electron chi connectivity index (χ3n) is 2.84. The molecule has 0 saturated heterocycles. The summed E-state index contributed by atoms with van der Waals surface area (Å²) in [5.74, 6) is 0.551. The topological polar surface area (TPSA) is 26.0 Å². The minimum atomic E-state index is 0. The fraction of sp³-hybridized carbons (Fsp3) is 0.286. The second-order valence-corrected chi connectivity index (χ2v) is 5.14. The lowest BCUT2D eigenvalue weighted by Gasteiger charge is -2.13. The van der Waals surface area contributed by atoms with Crippen LogP contribution in [0.5, 0.6) is 0 Å². The molecule has 0 unspecified atom stereocenters. The van der Waals surface area contributed by atoms with Crippen LogP contribution in [0.25, 0.3) is 0 Å². The van der Waals surface area contributed by atoms with Crippen molar-refractivity contribution in [1.29, 1.82) is 0 Å². The number of benzene rings is 1. The monoisotopic (exact) mass is 267 g/mol. The van der Waals surface area contributed by atoms with Crippen LogP contribution in [0, 0.1) is 0 Å². The minimum Gasteiger partial charge on any atom is -0.320 e. The molecule has 1 nitrogen and oxygen atoms in total. The highest BCUT2D eigenvalue weighted by atomic mass is 35.5. The van der Waals surface area contributed by atoms with Gasteiger partial charge in [-0.3, -0.25) is 0 Å². The quantitative estimate of drug-likeness (QED) is 0.880. The fourth-order valence-corrected chi connectivity index (χ4v) is 2.45. The van der Waals surface area contributed by atoms with Gasteiger partial charge in [0.25, 0.3) is 0 Å². The normalized spacial score (nSPS) is 12.2. The Bertz CT molecular complexity index is 451. The van der Waals surface area contributed by atoms with Crippen LogP contribution < -0.4 is 5.73 Å². The van der Waals surface area contributed by atoms with Crippen molar-refractivity contribution in [3.05, 3.63) is 57.8 Å². The Kier molecular flexibility index (Phi) is 5.19. The summed E-state index contributed by atoms with van der Waals surface area (Å²) in [4.78, 5) is 0. The molecule has 1 heterocycles. The number of rotatable bonds is 3. The third-order valence-corrected chi connectivity index (χ3v) is 3.54. The van der Waals surface area contributed by atoms with Crippen LogP contribution in [0.4, 0.5) is 0 Å². The van der Waals surface area contributed by atoms with E-state index in [-0.39, 0.29) is 18.4 Å². The van der Waals surface area contributed by atoms with Gasteiger partial charge in [-0.2, -0.15) is 11.3 Å². The first-order chi connectivity index (χ1) is 7.68. The van der Waals surface area contributed by atoms with Crippen LogP contribution in [0.2, 0.25) is 0 Å². The second kappa shape index (κ2) is 6.20. The van der Waals surface area contributed by atoms with Crippen LogP contribution >= 0.6 is 23.7 Å². The number of thiophene rings is 1. The van der Waals surface area contributed by atoms with E-state index in [2.05, 4.69) is 54.9 Å². The van der Waals surface area contributed by atoms with E-state index in [1.54, 1.807) is 11.3 Å². The molecule has 2 N–H and O–H groups in total. The Hall–Kier alpha value is -0.830. The van der Waals surface area contributed by atoms with E-state index in [1.165, 1.54) is 16.7 Å². The zero-order valence-corrected chi connectivity index (χ0v) is 11.7. The van der Waals surface area contributed by atoms with Crippen LogP contribution in [-0.2, 0) is 0 Å². The van der Waals surface area contributed by atoms with Gasteiger partial charge in [-0.1, -0.05) is 38.1 Å². The van der Waals surface area contributed by atoms with Crippen molar-refractivity contribution in [2.75, 3.05) is 0 Å². The van der Waals surface area contributed by atoms with E-state index < -0.39 is 0 Å². The Morgan fingerprint density at radius 1 is 1.06 bits per heavy atom. The maximum atomic E-state index is 6.24. The molecule has 0 aliphatic carbocycles. The molecule has 3 heteroatoms. The average molecular weight is 268 g/mol. The van der Waals surface area contributed by atoms with Crippen molar-refractivity contribution in [3.63, 3.8) is 0 Å². The molecule has 1 aromatic carbocycles. The summed E-state index contributed by atoms with van der Waals surface area (Å²) in [5, 5.41) is 4.19. The SMILES string of the molecule is CC(C)c1cccc([C@@H](N)c2ccsc2)c1.Cl. The molecule has 2 rings (SSSR count). The molecule has 1 aromatic heterocycles. The van der Waals surface area contributed by atoms with Crippen molar-refractivity contribution in [2.45, 2.75) is 25.8 Å². The van der Waals surface area contributed by atoms with Crippen LogP contribution in [0.1, 0.15) is 42.5 Å². The third kappa shape index (κ3) is 3.32. The number of hydrogen-bond donors (Lipinski definition) is 1. The van der Waals surface area contributed by atoms with Gasteiger partial charge in [-0.05, 0) is 39.4 Å². The first kappa shape index (κ1) is 14.2. The summed E-state index contributed by atoms with van der Waals surface area (Å²) in [7, 11) is 0. The smallest absolute Gasteiger partial charge is 0.0559 e. The summed E-state index contributed by atoms with van der Waals surface area (Å²) in [6.45, 7) is 4.41. The molecule has 0 fully saturated rings. The van der Waals surface area contributed by atoms with Gasteiger partial charge in [0.1, 0.15) is 0 Å². The highest BCUT2D eigenvalue weighted by molar-refractivity contribution is 7.08. The minimum absolute atomic E-state index is 0. The number of hydrogen-bond acceptors (Lipinski definition) is 2.